The van der Waals surface area contributed by atoms with Gasteiger partial charge in [0.1, 0.15) is 0 Å². The molecule has 0 atom stereocenters. The van der Waals surface area contributed by atoms with Gasteiger partial charge in [-0.3, -0.25) is 0 Å². The number of hydrazine groups is 1. The Morgan fingerprint density at radius 3 is 1.50 bits per heavy atom. The predicted octanol–water partition coefficient (Wildman–Crippen LogP) is 1.69. The quantitative estimate of drug-likeness (QED) is 0.425. The third-order valence-electron chi connectivity index (χ3n) is 1.40. The lowest BCUT2D eigenvalue weighted by atomic mass is 10.3. The van der Waals surface area contributed by atoms with Crippen LogP contribution in [0.5, 0.6) is 0 Å². The van der Waals surface area contributed by atoms with E-state index < -0.39 is 8.53 Å². The predicted molar refractivity (Wildman–Crippen MR) is 51.2 cm³/mol. The maximum Gasteiger partial charge on any atom is 0.283 e. The van der Waals surface area contributed by atoms with Crippen LogP contribution in [-0.4, -0.2) is 31.2 Å². The Morgan fingerprint density at radius 2 is 1.42 bits per heavy atom. The highest BCUT2D eigenvalue weighted by atomic mass is 35.5. The van der Waals surface area contributed by atoms with Gasteiger partial charge in [-0.25, -0.2) is 5.01 Å². The molecule has 0 heterocycles. The molecule has 0 rings (SSSR count). The van der Waals surface area contributed by atoms with E-state index in [2.05, 4.69) is 0 Å². The van der Waals surface area contributed by atoms with Crippen molar-refractivity contribution in [3.8, 4) is 0 Å². The lowest BCUT2D eigenvalue weighted by molar-refractivity contribution is 0.0487. The molecule has 0 radical (unpaired) electrons. The third kappa shape index (κ3) is 3.52. The summed E-state index contributed by atoms with van der Waals surface area (Å²) in [6.07, 6.45) is 0. The first-order valence-electron chi connectivity index (χ1n) is 3.79. The van der Waals surface area contributed by atoms with Gasteiger partial charge in [-0.2, -0.15) is 0 Å². The summed E-state index contributed by atoms with van der Waals surface area (Å²) in [5, 5.41) is 1.70. The number of hydrogen-bond acceptors (Lipinski definition) is 4. The van der Waals surface area contributed by atoms with Crippen molar-refractivity contribution in [1.82, 2.24) is 9.31 Å². The van der Waals surface area contributed by atoms with E-state index in [4.69, 9.17) is 21.6 Å². The van der Waals surface area contributed by atoms with Crippen LogP contribution in [0.1, 0.15) is 27.7 Å². The largest absolute Gasteiger partial charge is 0.336 e. The molecule has 0 aromatic heterocycles. The lowest BCUT2D eigenvalue weighted by Gasteiger charge is -2.35. The highest BCUT2D eigenvalue weighted by molar-refractivity contribution is 7.43. The zero-order chi connectivity index (χ0) is 9.89. The second kappa shape index (κ2) is 5.32. The highest BCUT2D eigenvalue weighted by Gasteiger charge is 2.25. The minimum absolute atomic E-state index is 0.145. The van der Waals surface area contributed by atoms with Crippen molar-refractivity contribution < 1.29 is 9.79 Å². The Labute approximate surface area is 79.8 Å². The summed E-state index contributed by atoms with van der Waals surface area (Å²) in [5.74, 6) is 0. The molecule has 12 heavy (non-hydrogen) atoms. The van der Waals surface area contributed by atoms with Crippen molar-refractivity contribution in [3.05, 3.63) is 0 Å². The fourth-order valence-corrected chi connectivity index (χ4v) is 2.02. The highest BCUT2D eigenvalue weighted by Crippen LogP contribution is 2.35. The normalized spacial score (nSPS) is 13.0. The molecule has 0 spiro atoms. The van der Waals surface area contributed by atoms with Crippen molar-refractivity contribution in [2.24, 2.45) is 0 Å². The van der Waals surface area contributed by atoms with Gasteiger partial charge in [0, 0.05) is 23.9 Å². The van der Waals surface area contributed by atoms with Crippen molar-refractivity contribution in [2.75, 3.05) is 0 Å². The van der Waals surface area contributed by atoms with E-state index in [0.717, 1.165) is 4.30 Å². The number of halogens is 1. The summed E-state index contributed by atoms with van der Waals surface area (Å²) in [5.41, 5.74) is 0. The second-order valence-corrected chi connectivity index (χ2v) is 4.55. The van der Waals surface area contributed by atoms with Crippen molar-refractivity contribution >= 4 is 20.3 Å². The first-order chi connectivity index (χ1) is 5.37. The first kappa shape index (κ1) is 12.6. The van der Waals surface area contributed by atoms with Crippen LogP contribution < -0.4 is 0 Å². The number of nitrogens with zero attached hydrogens (tertiary/aromatic N) is 2. The van der Waals surface area contributed by atoms with Crippen LogP contribution >= 0.6 is 20.3 Å². The maximum absolute atomic E-state index is 8.86. The van der Waals surface area contributed by atoms with E-state index in [1.165, 1.54) is 0 Å². The number of rotatable bonds is 4. The summed E-state index contributed by atoms with van der Waals surface area (Å²) in [6.45, 7) is 7.75. The Kier molecular flexibility index (Phi) is 5.57. The molecule has 0 aromatic rings. The Morgan fingerprint density at radius 1 is 1.08 bits per heavy atom. The third-order valence-corrected chi connectivity index (χ3v) is 2.48. The van der Waals surface area contributed by atoms with Crippen LogP contribution in [0, 0.1) is 0 Å². The molecule has 0 aliphatic rings. The molecule has 0 unspecified atom stereocenters. The molecule has 0 saturated heterocycles. The van der Waals surface area contributed by atoms with E-state index in [1.54, 1.807) is 5.01 Å². The van der Waals surface area contributed by atoms with E-state index >= 15 is 0 Å². The topological polar surface area (TPSA) is 46.9 Å². The van der Waals surface area contributed by atoms with Gasteiger partial charge in [0.2, 0.25) is 0 Å². The molecule has 4 nitrogen and oxygen atoms in total. The molecule has 74 valence electrons. The maximum atomic E-state index is 8.86. The summed E-state index contributed by atoms with van der Waals surface area (Å²) in [4.78, 5) is 17.7. The minimum atomic E-state index is -2.24. The molecule has 0 amide bonds. The minimum Gasteiger partial charge on any atom is -0.336 e. The lowest BCUT2D eigenvalue weighted by Crippen LogP contribution is -2.43. The van der Waals surface area contributed by atoms with Gasteiger partial charge in [-0.15, -0.1) is 0 Å². The van der Waals surface area contributed by atoms with Gasteiger partial charge in [0.15, 0.2) is 0 Å². The smallest absolute Gasteiger partial charge is 0.283 e. The number of hydrogen-bond donors (Lipinski definition) is 2. The van der Waals surface area contributed by atoms with Crippen molar-refractivity contribution in [3.63, 3.8) is 0 Å². The molecule has 6 heteroatoms. The van der Waals surface area contributed by atoms with Gasteiger partial charge in [0.25, 0.3) is 8.53 Å². The Balaban J connectivity index is 4.30. The standard InChI is InChI=1S/C6H16ClN2O2P/c1-5(2)8(6(3)4)9(7)12(10)11/h5-6,10-11H,1-4H3. The van der Waals surface area contributed by atoms with Gasteiger partial charge >= 0.3 is 0 Å². The summed E-state index contributed by atoms with van der Waals surface area (Å²) in [6, 6.07) is 0.290. The summed E-state index contributed by atoms with van der Waals surface area (Å²) in [7, 11) is -2.24. The molecule has 0 saturated carbocycles. The zero-order valence-electron chi connectivity index (χ0n) is 7.77. The Bertz CT molecular complexity index is 127. The molecule has 0 aliphatic heterocycles. The van der Waals surface area contributed by atoms with E-state index in [0.29, 0.717) is 0 Å². The fraction of sp³-hybridized carbons (Fsp3) is 1.00. The van der Waals surface area contributed by atoms with Crippen LogP contribution in [0.15, 0.2) is 0 Å². The van der Waals surface area contributed by atoms with Crippen LogP contribution in [0.25, 0.3) is 0 Å². The van der Waals surface area contributed by atoms with Crippen LogP contribution in [0.2, 0.25) is 0 Å². The monoisotopic (exact) mass is 214 g/mol. The molecular formula is C6H16ClN2O2P. The molecule has 0 aliphatic carbocycles. The van der Waals surface area contributed by atoms with Gasteiger partial charge in [-0.05, 0) is 27.7 Å². The van der Waals surface area contributed by atoms with Crippen molar-refractivity contribution in [1.29, 1.82) is 0 Å². The van der Waals surface area contributed by atoms with E-state index in [1.807, 2.05) is 27.7 Å². The molecular weight excluding hydrogens is 199 g/mol. The Hall–Kier alpha value is 0.560. The van der Waals surface area contributed by atoms with Crippen LogP contribution in [0.4, 0.5) is 0 Å². The van der Waals surface area contributed by atoms with E-state index in [-0.39, 0.29) is 12.1 Å². The fourth-order valence-electron chi connectivity index (χ4n) is 1.07. The first-order valence-corrected chi connectivity index (χ1v) is 5.33. The average Bonchev–Trinajstić information content (AvgIpc) is 1.85. The molecule has 0 fully saturated rings. The summed E-state index contributed by atoms with van der Waals surface area (Å²) < 4.78 is 0.963. The SMILES string of the molecule is CC(C)N(C(C)C)N(Cl)P(O)O. The molecule has 2 N–H and O–H groups in total. The summed E-state index contributed by atoms with van der Waals surface area (Å²) >= 11 is 5.66. The van der Waals surface area contributed by atoms with Crippen molar-refractivity contribution in [2.45, 2.75) is 39.8 Å². The second-order valence-electron chi connectivity index (χ2n) is 3.08. The molecule has 0 aromatic carbocycles. The van der Waals surface area contributed by atoms with Gasteiger partial charge < -0.3 is 9.79 Å². The van der Waals surface area contributed by atoms with Crippen LogP contribution in [0.3, 0.4) is 0 Å². The van der Waals surface area contributed by atoms with Crippen LogP contribution in [-0.2, 0) is 0 Å². The average molecular weight is 215 g/mol. The zero-order valence-corrected chi connectivity index (χ0v) is 9.42. The van der Waals surface area contributed by atoms with E-state index in [9.17, 15) is 0 Å². The molecule has 0 bridgehead atoms. The van der Waals surface area contributed by atoms with Gasteiger partial charge in [0.05, 0.1) is 0 Å². The van der Waals surface area contributed by atoms with Gasteiger partial charge in [-0.1, -0.05) is 4.30 Å².